The summed E-state index contributed by atoms with van der Waals surface area (Å²) in [5, 5.41) is 3.20. The van der Waals surface area contributed by atoms with E-state index in [1.165, 1.54) is 0 Å². The first kappa shape index (κ1) is 6.70. The average molecular weight is 153 g/mol. The van der Waals surface area contributed by atoms with Crippen LogP contribution in [0.3, 0.4) is 0 Å². The van der Waals surface area contributed by atoms with Crippen molar-refractivity contribution < 1.29 is 9.53 Å². The Bertz CT molecular complexity index is 232. The molecule has 0 spiro atoms. The van der Waals surface area contributed by atoms with Crippen LogP contribution in [0.2, 0.25) is 0 Å². The van der Waals surface area contributed by atoms with Crippen LogP contribution in [0.1, 0.15) is 19.8 Å². The monoisotopic (exact) mass is 153 g/mol. The lowest BCUT2D eigenvalue weighted by Gasteiger charge is -2.15. The van der Waals surface area contributed by atoms with Crippen molar-refractivity contribution in [3.63, 3.8) is 0 Å². The molecule has 0 aliphatic carbocycles. The number of hydrogen-bond acceptors (Lipinski definition) is 3. The lowest BCUT2D eigenvalue weighted by molar-refractivity contribution is -0.139. The number of carbonyl (C=O) groups is 1. The summed E-state index contributed by atoms with van der Waals surface area (Å²) in [5.74, 6) is -0.125. The fourth-order valence-electron chi connectivity index (χ4n) is 1.62. The topological polar surface area (TPSA) is 38.3 Å². The maximum absolute atomic E-state index is 11.1. The molecule has 3 nitrogen and oxygen atoms in total. The van der Waals surface area contributed by atoms with Gasteiger partial charge in [-0.05, 0) is 19.8 Å². The first-order chi connectivity index (χ1) is 5.29. The number of esters is 1. The summed E-state index contributed by atoms with van der Waals surface area (Å²) in [5.41, 5.74) is 1.88. The molecule has 3 heteroatoms. The van der Waals surface area contributed by atoms with E-state index >= 15 is 0 Å². The third kappa shape index (κ3) is 0.914. The van der Waals surface area contributed by atoms with Gasteiger partial charge in [0.2, 0.25) is 0 Å². The summed E-state index contributed by atoms with van der Waals surface area (Å²) < 4.78 is 5.03. The van der Waals surface area contributed by atoms with Gasteiger partial charge >= 0.3 is 5.97 Å². The van der Waals surface area contributed by atoms with Gasteiger partial charge in [0.05, 0.1) is 11.3 Å². The molecule has 1 atom stereocenters. The summed E-state index contributed by atoms with van der Waals surface area (Å²) >= 11 is 0. The van der Waals surface area contributed by atoms with Crippen molar-refractivity contribution in [3.8, 4) is 0 Å². The maximum atomic E-state index is 11.1. The lowest BCUT2D eigenvalue weighted by Crippen LogP contribution is -2.25. The van der Waals surface area contributed by atoms with E-state index in [0.717, 1.165) is 30.7 Å². The maximum Gasteiger partial charge on any atom is 0.336 e. The minimum Gasteiger partial charge on any atom is -0.453 e. The third-order valence-electron chi connectivity index (χ3n) is 2.18. The third-order valence-corrected chi connectivity index (χ3v) is 2.18. The smallest absolute Gasteiger partial charge is 0.336 e. The Morgan fingerprint density at radius 3 is 3.18 bits per heavy atom. The fraction of sp³-hybridized carbons (Fsp3) is 0.625. The van der Waals surface area contributed by atoms with Crippen LogP contribution in [-0.4, -0.2) is 18.6 Å². The van der Waals surface area contributed by atoms with Crippen LogP contribution in [0, 0.1) is 0 Å². The zero-order valence-electron chi connectivity index (χ0n) is 6.52. The molecule has 1 N–H and O–H groups in total. The van der Waals surface area contributed by atoms with Crippen LogP contribution in [0.25, 0.3) is 0 Å². The molecule has 2 heterocycles. The minimum absolute atomic E-state index is 0.0437. The van der Waals surface area contributed by atoms with E-state index < -0.39 is 0 Å². The SMILES string of the molecule is CC1OC(=O)C2=C1NCCC2. The van der Waals surface area contributed by atoms with E-state index in [1.807, 2.05) is 6.92 Å². The molecular formula is C8H11NO2. The van der Waals surface area contributed by atoms with Crippen LogP contribution < -0.4 is 5.32 Å². The van der Waals surface area contributed by atoms with Gasteiger partial charge in [-0.15, -0.1) is 0 Å². The highest BCUT2D eigenvalue weighted by atomic mass is 16.5. The van der Waals surface area contributed by atoms with Crippen molar-refractivity contribution in [3.05, 3.63) is 11.3 Å². The standard InChI is InChI=1S/C8H11NO2/c1-5-7-6(8(10)11-5)3-2-4-9-7/h5,9H,2-4H2,1H3. The first-order valence-corrected chi connectivity index (χ1v) is 3.97. The zero-order chi connectivity index (χ0) is 7.84. The van der Waals surface area contributed by atoms with Crippen LogP contribution >= 0.6 is 0 Å². The van der Waals surface area contributed by atoms with E-state index in [-0.39, 0.29) is 12.1 Å². The summed E-state index contributed by atoms with van der Waals surface area (Å²) in [6.07, 6.45) is 1.88. The number of cyclic esters (lactones) is 1. The molecular weight excluding hydrogens is 142 g/mol. The van der Waals surface area contributed by atoms with Gasteiger partial charge in [0.1, 0.15) is 6.10 Å². The van der Waals surface area contributed by atoms with Crippen LogP contribution in [0.4, 0.5) is 0 Å². The number of ether oxygens (including phenoxy) is 1. The van der Waals surface area contributed by atoms with E-state index in [9.17, 15) is 4.79 Å². The summed E-state index contributed by atoms with van der Waals surface area (Å²) in [6.45, 7) is 2.87. The Morgan fingerprint density at radius 2 is 2.45 bits per heavy atom. The van der Waals surface area contributed by atoms with Gasteiger partial charge in [-0.1, -0.05) is 0 Å². The predicted octanol–water partition coefficient (Wildman–Crippen LogP) is 0.569. The van der Waals surface area contributed by atoms with Crippen molar-refractivity contribution in [2.24, 2.45) is 0 Å². The molecule has 0 saturated heterocycles. The molecule has 0 radical (unpaired) electrons. The number of rotatable bonds is 0. The van der Waals surface area contributed by atoms with Crippen LogP contribution in [-0.2, 0) is 9.53 Å². The van der Waals surface area contributed by atoms with E-state index in [0.29, 0.717) is 0 Å². The molecule has 2 rings (SSSR count). The molecule has 0 amide bonds. The Balaban J connectivity index is 2.32. The highest BCUT2D eigenvalue weighted by molar-refractivity contribution is 5.92. The van der Waals surface area contributed by atoms with Crippen molar-refractivity contribution in [2.75, 3.05) is 6.54 Å². The molecule has 60 valence electrons. The van der Waals surface area contributed by atoms with Crippen LogP contribution in [0.5, 0.6) is 0 Å². The Morgan fingerprint density at radius 1 is 1.64 bits per heavy atom. The quantitative estimate of drug-likeness (QED) is 0.517. The van der Waals surface area contributed by atoms with Gasteiger partial charge in [-0.25, -0.2) is 4.79 Å². The second-order valence-electron chi connectivity index (χ2n) is 2.97. The Labute approximate surface area is 65.4 Å². The van der Waals surface area contributed by atoms with Crippen molar-refractivity contribution >= 4 is 5.97 Å². The molecule has 0 aromatic carbocycles. The van der Waals surface area contributed by atoms with Crippen molar-refractivity contribution in [1.29, 1.82) is 0 Å². The molecule has 1 unspecified atom stereocenters. The Kier molecular flexibility index (Phi) is 1.37. The summed E-state index contributed by atoms with van der Waals surface area (Å²) in [4.78, 5) is 11.1. The molecule has 2 aliphatic heterocycles. The van der Waals surface area contributed by atoms with Gasteiger partial charge in [0.15, 0.2) is 0 Å². The second-order valence-corrected chi connectivity index (χ2v) is 2.97. The van der Waals surface area contributed by atoms with Gasteiger partial charge in [0.25, 0.3) is 0 Å². The van der Waals surface area contributed by atoms with E-state index in [1.54, 1.807) is 0 Å². The predicted molar refractivity (Wildman–Crippen MR) is 39.8 cm³/mol. The fourth-order valence-corrected chi connectivity index (χ4v) is 1.62. The lowest BCUT2D eigenvalue weighted by atomic mass is 10.0. The molecule has 0 aromatic heterocycles. The zero-order valence-corrected chi connectivity index (χ0v) is 6.52. The molecule has 0 saturated carbocycles. The summed E-state index contributed by atoms with van der Waals surface area (Å²) in [7, 11) is 0. The highest BCUT2D eigenvalue weighted by Crippen LogP contribution is 2.26. The molecule has 0 fully saturated rings. The van der Waals surface area contributed by atoms with Gasteiger partial charge in [-0.3, -0.25) is 0 Å². The van der Waals surface area contributed by atoms with E-state index in [4.69, 9.17) is 4.74 Å². The molecule has 0 aromatic rings. The normalized spacial score (nSPS) is 29.5. The second kappa shape index (κ2) is 2.26. The van der Waals surface area contributed by atoms with Crippen molar-refractivity contribution in [2.45, 2.75) is 25.9 Å². The average Bonchev–Trinajstić information content (AvgIpc) is 2.30. The first-order valence-electron chi connectivity index (χ1n) is 3.97. The highest BCUT2D eigenvalue weighted by Gasteiger charge is 2.32. The van der Waals surface area contributed by atoms with Gasteiger partial charge < -0.3 is 10.1 Å². The number of nitrogens with one attached hydrogen (secondary N) is 1. The van der Waals surface area contributed by atoms with Crippen molar-refractivity contribution in [1.82, 2.24) is 5.32 Å². The van der Waals surface area contributed by atoms with Gasteiger partial charge in [-0.2, -0.15) is 0 Å². The number of hydrogen-bond donors (Lipinski definition) is 1. The molecule has 2 aliphatic rings. The number of carbonyl (C=O) groups excluding carboxylic acids is 1. The van der Waals surface area contributed by atoms with Gasteiger partial charge in [0, 0.05) is 6.54 Å². The molecule has 0 bridgehead atoms. The van der Waals surface area contributed by atoms with Crippen LogP contribution in [0.15, 0.2) is 11.3 Å². The minimum atomic E-state index is -0.125. The van der Waals surface area contributed by atoms with E-state index in [2.05, 4.69) is 5.32 Å². The Hall–Kier alpha value is -0.990. The largest absolute Gasteiger partial charge is 0.453 e. The molecule has 11 heavy (non-hydrogen) atoms. The summed E-state index contributed by atoms with van der Waals surface area (Å²) in [6, 6.07) is 0.